The van der Waals surface area contributed by atoms with Gasteiger partial charge < -0.3 is 10.1 Å². The van der Waals surface area contributed by atoms with Crippen molar-refractivity contribution in [2.24, 2.45) is 5.92 Å². The Morgan fingerprint density at radius 1 is 1.44 bits per heavy atom. The third kappa shape index (κ3) is 3.32. The molecule has 5 heteroatoms. The van der Waals surface area contributed by atoms with E-state index < -0.39 is 12.0 Å². The van der Waals surface area contributed by atoms with Crippen LogP contribution >= 0.6 is 11.3 Å². The molecular weight excluding hydrogens is 250 g/mol. The molecule has 1 N–H and O–H groups in total. The molecule has 0 saturated carbocycles. The second kappa shape index (κ2) is 6.54. The summed E-state index contributed by atoms with van der Waals surface area (Å²) in [4.78, 5) is 24.4. The molecular formula is C13H19NO3S. The van der Waals surface area contributed by atoms with Crippen molar-refractivity contribution < 1.29 is 14.3 Å². The van der Waals surface area contributed by atoms with Gasteiger partial charge in [0.05, 0.1) is 12.0 Å². The minimum Gasteiger partial charge on any atom is -0.467 e. The highest BCUT2D eigenvalue weighted by Gasteiger charge is 2.26. The number of esters is 1. The van der Waals surface area contributed by atoms with Crippen LogP contribution in [0.15, 0.2) is 11.4 Å². The second-order valence-corrected chi connectivity index (χ2v) is 5.26. The van der Waals surface area contributed by atoms with Gasteiger partial charge in [-0.2, -0.15) is 0 Å². The van der Waals surface area contributed by atoms with Crippen LogP contribution in [0.1, 0.15) is 36.0 Å². The molecule has 0 aliphatic carbocycles. The molecule has 1 unspecified atom stereocenters. The smallest absolute Gasteiger partial charge is 0.328 e. The highest BCUT2D eigenvalue weighted by Crippen LogP contribution is 2.18. The lowest BCUT2D eigenvalue weighted by Gasteiger charge is -2.19. The number of aryl methyl sites for hydroxylation is 1. The van der Waals surface area contributed by atoms with E-state index in [1.807, 2.05) is 32.2 Å². The molecule has 100 valence electrons. The molecule has 1 amide bonds. The molecule has 0 saturated heterocycles. The number of rotatable bonds is 5. The number of hydrogen-bond acceptors (Lipinski definition) is 4. The Labute approximate surface area is 111 Å². The van der Waals surface area contributed by atoms with E-state index >= 15 is 0 Å². The molecule has 0 bridgehead atoms. The summed E-state index contributed by atoms with van der Waals surface area (Å²) in [7, 11) is 1.33. The lowest BCUT2D eigenvalue weighted by molar-refractivity contribution is -0.144. The van der Waals surface area contributed by atoms with Crippen LogP contribution in [-0.2, 0) is 16.0 Å². The predicted molar refractivity (Wildman–Crippen MR) is 71.8 cm³/mol. The summed E-state index contributed by atoms with van der Waals surface area (Å²) in [5.74, 6) is -0.620. The van der Waals surface area contributed by atoms with Gasteiger partial charge in [-0.25, -0.2) is 4.79 Å². The van der Waals surface area contributed by atoms with Crippen molar-refractivity contribution in [2.75, 3.05) is 7.11 Å². The Hall–Kier alpha value is -1.36. The summed E-state index contributed by atoms with van der Waals surface area (Å²) in [5.41, 5.74) is 1.00. The maximum atomic E-state index is 12.1. The van der Waals surface area contributed by atoms with Crippen molar-refractivity contribution in [3.63, 3.8) is 0 Å². The summed E-state index contributed by atoms with van der Waals surface area (Å²) in [5, 5.41) is 4.63. The first kappa shape index (κ1) is 14.7. The van der Waals surface area contributed by atoms with E-state index in [1.165, 1.54) is 18.4 Å². The molecule has 1 aromatic heterocycles. The average molecular weight is 269 g/mol. The summed E-state index contributed by atoms with van der Waals surface area (Å²) in [6.45, 7) is 5.74. The van der Waals surface area contributed by atoms with Crippen LogP contribution in [0.3, 0.4) is 0 Å². The van der Waals surface area contributed by atoms with Crippen LogP contribution < -0.4 is 5.32 Å². The molecule has 1 aromatic rings. The van der Waals surface area contributed by atoms with Crippen molar-refractivity contribution in [1.29, 1.82) is 0 Å². The molecule has 18 heavy (non-hydrogen) atoms. The van der Waals surface area contributed by atoms with Crippen molar-refractivity contribution in [3.05, 3.63) is 21.9 Å². The number of methoxy groups -OCH3 is 1. The Kier molecular flexibility index (Phi) is 5.34. The van der Waals surface area contributed by atoms with Gasteiger partial charge in [-0.1, -0.05) is 20.8 Å². The maximum absolute atomic E-state index is 12.1. The Morgan fingerprint density at radius 2 is 2.11 bits per heavy atom. The Morgan fingerprint density at radius 3 is 2.61 bits per heavy atom. The lowest BCUT2D eigenvalue weighted by atomic mass is 10.0. The van der Waals surface area contributed by atoms with Crippen LogP contribution in [-0.4, -0.2) is 25.0 Å². The van der Waals surface area contributed by atoms with Gasteiger partial charge in [0, 0.05) is 0 Å². The SMILES string of the molecule is CCc1ccsc1C(=O)NC(C(=O)OC)C(C)C. The molecule has 0 fully saturated rings. The molecule has 0 aliphatic rings. The van der Waals surface area contributed by atoms with Gasteiger partial charge in [0.2, 0.25) is 0 Å². The van der Waals surface area contributed by atoms with Gasteiger partial charge in [-0.3, -0.25) is 4.79 Å². The zero-order chi connectivity index (χ0) is 13.7. The molecule has 4 nitrogen and oxygen atoms in total. The Bertz CT molecular complexity index is 426. The molecule has 1 atom stereocenters. The summed E-state index contributed by atoms with van der Waals surface area (Å²) in [6.07, 6.45) is 0.802. The van der Waals surface area contributed by atoms with Gasteiger partial charge in [0.15, 0.2) is 0 Å². The molecule has 1 rings (SSSR count). The molecule has 0 aliphatic heterocycles. The quantitative estimate of drug-likeness (QED) is 0.834. The Balaban J connectivity index is 2.82. The monoisotopic (exact) mass is 269 g/mol. The number of carbonyl (C=O) groups excluding carboxylic acids is 2. The van der Waals surface area contributed by atoms with Crippen LogP contribution in [0.25, 0.3) is 0 Å². The van der Waals surface area contributed by atoms with E-state index in [0.29, 0.717) is 4.88 Å². The van der Waals surface area contributed by atoms with Crippen molar-refractivity contribution in [1.82, 2.24) is 5.32 Å². The van der Waals surface area contributed by atoms with Crippen LogP contribution in [0, 0.1) is 5.92 Å². The van der Waals surface area contributed by atoms with Crippen molar-refractivity contribution in [2.45, 2.75) is 33.2 Å². The molecule has 0 radical (unpaired) electrons. The van der Waals surface area contributed by atoms with E-state index in [1.54, 1.807) is 0 Å². The summed E-state index contributed by atoms with van der Waals surface area (Å²) < 4.78 is 4.70. The topological polar surface area (TPSA) is 55.4 Å². The van der Waals surface area contributed by atoms with Crippen LogP contribution in [0.2, 0.25) is 0 Å². The van der Waals surface area contributed by atoms with Gasteiger partial charge in [0.1, 0.15) is 6.04 Å². The van der Waals surface area contributed by atoms with Gasteiger partial charge >= 0.3 is 5.97 Å². The van der Waals surface area contributed by atoms with E-state index in [4.69, 9.17) is 4.74 Å². The van der Waals surface area contributed by atoms with Gasteiger partial charge in [-0.05, 0) is 29.3 Å². The third-order valence-electron chi connectivity index (χ3n) is 2.74. The minimum atomic E-state index is -0.602. The zero-order valence-electron chi connectivity index (χ0n) is 11.1. The number of nitrogens with one attached hydrogen (secondary N) is 1. The first-order chi connectivity index (χ1) is 8.51. The highest BCUT2D eigenvalue weighted by atomic mass is 32.1. The fourth-order valence-corrected chi connectivity index (χ4v) is 2.54. The van der Waals surface area contributed by atoms with E-state index in [0.717, 1.165) is 12.0 Å². The minimum absolute atomic E-state index is 0.00793. The first-order valence-electron chi connectivity index (χ1n) is 5.96. The van der Waals surface area contributed by atoms with E-state index in [9.17, 15) is 9.59 Å². The largest absolute Gasteiger partial charge is 0.467 e. The standard InChI is InChI=1S/C13H19NO3S/c1-5-9-6-7-18-11(9)12(15)14-10(8(2)3)13(16)17-4/h6-8,10H,5H2,1-4H3,(H,14,15). The normalized spacial score (nSPS) is 12.3. The fourth-order valence-electron chi connectivity index (χ4n) is 1.64. The van der Waals surface area contributed by atoms with Crippen LogP contribution in [0.5, 0.6) is 0 Å². The van der Waals surface area contributed by atoms with Crippen molar-refractivity contribution in [3.8, 4) is 0 Å². The number of amides is 1. The van der Waals surface area contributed by atoms with Crippen LogP contribution in [0.4, 0.5) is 0 Å². The predicted octanol–water partition coefficient (Wildman–Crippen LogP) is 2.24. The third-order valence-corrected chi connectivity index (χ3v) is 3.70. The summed E-state index contributed by atoms with van der Waals surface area (Å²) in [6, 6.07) is 1.33. The van der Waals surface area contributed by atoms with E-state index in [-0.39, 0.29) is 11.8 Å². The highest BCUT2D eigenvalue weighted by molar-refractivity contribution is 7.12. The number of ether oxygens (including phenoxy) is 1. The molecule has 1 heterocycles. The first-order valence-corrected chi connectivity index (χ1v) is 6.84. The number of carbonyl (C=O) groups is 2. The van der Waals surface area contributed by atoms with Gasteiger partial charge in [0.25, 0.3) is 5.91 Å². The number of thiophene rings is 1. The second-order valence-electron chi connectivity index (χ2n) is 4.35. The summed E-state index contributed by atoms with van der Waals surface area (Å²) >= 11 is 1.39. The zero-order valence-corrected chi connectivity index (χ0v) is 12.0. The average Bonchev–Trinajstić information content (AvgIpc) is 2.82. The van der Waals surface area contributed by atoms with Crippen molar-refractivity contribution >= 4 is 23.2 Å². The molecule has 0 spiro atoms. The van der Waals surface area contributed by atoms with Gasteiger partial charge in [-0.15, -0.1) is 11.3 Å². The number of hydrogen-bond donors (Lipinski definition) is 1. The van der Waals surface area contributed by atoms with E-state index in [2.05, 4.69) is 5.32 Å². The fraction of sp³-hybridized carbons (Fsp3) is 0.538. The lowest BCUT2D eigenvalue weighted by Crippen LogP contribution is -2.45. The molecule has 0 aromatic carbocycles. The maximum Gasteiger partial charge on any atom is 0.328 e.